The van der Waals surface area contributed by atoms with E-state index in [1.54, 1.807) is 6.92 Å². The summed E-state index contributed by atoms with van der Waals surface area (Å²) >= 11 is 0. The van der Waals surface area contributed by atoms with Crippen molar-refractivity contribution in [3.63, 3.8) is 0 Å². The van der Waals surface area contributed by atoms with Crippen LogP contribution >= 0.6 is 0 Å². The molecule has 0 saturated carbocycles. The number of carbonyl (C=O) groups is 1. The molecule has 20 heavy (non-hydrogen) atoms. The number of hydrogen-bond acceptors (Lipinski definition) is 3. The van der Waals surface area contributed by atoms with Crippen molar-refractivity contribution in [1.82, 2.24) is 0 Å². The van der Waals surface area contributed by atoms with E-state index in [4.69, 9.17) is 9.47 Å². The molecule has 2 aromatic carbocycles. The molecule has 1 atom stereocenters. The molecule has 0 fully saturated rings. The summed E-state index contributed by atoms with van der Waals surface area (Å²) in [6.45, 7) is 6.06. The minimum absolute atomic E-state index is 0.0491. The van der Waals surface area contributed by atoms with Gasteiger partial charge in [0.05, 0.1) is 6.61 Å². The summed E-state index contributed by atoms with van der Waals surface area (Å²) < 4.78 is 11.0. The van der Waals surface area contributed by atoms with Crippen molar-refractivity contribution >= 4 is 16.7 Å². The lowest BCUT2D eigenvalue weighted by atomic mass is 10.1. The Morgan fingerprint density at radius 1 is 1.10 bits per heavy atom. The molecule has 0 N–H and O–H groups in total. The van der Waals surface area contributed by atoms with Crippen molar-refractivity contribution < 1.29 is 14.3 Å². The van der Waals surface area contributed by atoms with Crippen LogP contribution in [0.15, 0.2) is 42.5 Å². The second-order valence-corrected chi connectivity index (χ2v) is 5.01. The molecule has 3 heteroatoms. The highest BCUT2D eigenvalue weighted by Crippen LogP contribution is 2.27. The first-order chi connectivity index (χ1) is 9.63. The van der Waals surface area contributed by atoms with Crippen LogP contribution in [-0.2, 0) is 9.53 Å². The van der Waals surface area contributed by atoms with Crippen molar-refractivity contribution in [2.75, 3.05) is 6.61 Å². The van der Waals surface area contributed by atoms with Gasteiger partial charge in [0.2, 0.25) is 0 Å². The van der Waals surface area contributed by atoms with Gasteiger partial charge in [0.1, 0.15) is 5.75 Å². The Morgan fingerprint density at radius 3 is 2.50 bits per heavy atom. The van der Waals surface area contributed by atoms with E-state index in [1.165, 1.54) is 0 Å². The Bertz CT molecular complexity index is 584. The molecule has 0 amide bonds. The maximum atomic E-state index is 12.0. The standard InChI is InChI=1S/C17H20O3/c1-4-19-17(18)16(12(2)3)20-15-11-7-9-13-8-5-6-10-14(13)15/h5-12,16H,4H2,1-3H3. The molecule has 0 radical (unpaired) electrons. The Hall–Kier alpha value is -2.03. The van der Waals surface area contributed by atoms with Crippen LogP contribution < -0.4 is 4.74 Å². The fourth-order valence-electron chi connectivity index (χ4n) is 2.12. The maximum absolute atomic E-state index is 12.0. The number of carbonyl (C=O) groups excluding carboxylic acids is 1. The van der Waals surface area contributed by atoms with E-state index in [2.05, 4.69) is 0 Å². The van der Waals surface area contributed by atoms with Crippen LogP contribution in [0, 0.1) is 5.92 Å². The predicted molar refractivity (Wildman–Crippen MR) is 79.8 cm³/mol. The largest absolute Gasteiger partial charge is 0.478 e. The molecule has 0 aromatic heterocycles. The molecular formula is C17H20O3. The molecule has 0 heterocycles. The molecule has 2 aromatic rings. The third kappa shape index (κ3) is 3.10. The first-order valence-electron chi connectivity index (χ1n) is 6.94. The zero-order valence-electron chi connectivity index (χ0n) is 12.1. The molecule has 0 aliphatic carbocycles. The monoisotopic (exact) mass is 272 g/mol. The number of ether oxygens (including phenoxy) is 2. The predicted octanol–water partition coefficient (Wildman–Crippen LogP) is 3.81. The summed E-state index contributed by atoms with van der Waals surface area (Å²) in [5.74, 6) is 0.457. The summed E-state index contributed by atoms with van der Waals surface area (Å²) in [5, 5.41) is 2.10. The van der Waals surface area contributed by atoms with Gasteiger partial charge < -0.3 is 9.47 Å². The van der Waals surface area contributed by atoms with Gasteiger partial charge in [0.15, 0.2) is 6.10 Å². The molecule has 0 aliphatic rings. The number of benzene rings is 2. The lowest BCUT2D eigenvalue weighted by Gasteiger charge is -2.21. The van der Waals surface area contributed by atoms with E-state index >= 15 is 0 Å². The minimum atomic E-state index is -0.583. The van der Waals surface area contributed by atoms with Crippen LogP contribution in [0.25, 0.3) is 10.8 Å². The molecule has 3 nitrogen and oxygen atoms in total. The highest BCUT2D eigenvalue weighted by molar-refractivity contribution is 5.88. The molecule has 2 rings (SSSR count). The quantitative estimate of drug-likeness (QED) is 0.776. The van der Waals surface area contributed by atoms with Gasteiger partial charge in [-0.25, -0.2) is 4.79 Å². The first kappa shape index (κ1) is 14.4. The van der Waals surface area contributed by atoms with E-state index in [0.29, 0.717) is 6.61 Å². The topological polar surface area (TPSA) is 35.5 Å². The molecule has 0 bridgehead atoms. The van der Waals surface area contributed by atoms with Gasteiger partial charge in [0, 0.05) is 11.3 Å². The number of rotatable bonds is 5. The van der Waals surface area contributed by atoms with Crippen LogP contribution in [0.5, 0.6) is 5.75 Å². The SMILES string of the molecule is CCOC(=O)C(Oc1cccc2ccccc12)C(C)C. The smallest absolute Gasteiger partial charge is 0.347 e. The summed E-state index contributed by atoms with van der Waals surface area (Å²) in [5.41, 5.74) is 0. The van der Waals surface area contributed by atoms with Crippen LogP contribution in [0.3, 0.4) is 0 Å². The zero-order chi connectivity index (χ0) is 14.5. The van der Waals surface area contributed by atoms with Gasteiger partial charge in [0.25, 0.3) is 0 Å². The van der Waals surface area contributed by atoms with E-state index in [-0.39, 0.29) is 11.9 Å². The van der Waals surface area contributed by atoms with Crippen molar-refractivity contribution in [1.29, 1.82) is 0 Å². The van der Waals surface area contributed by atoms with Crippen LogP contribution in [0.4, 0.5) is 0 Å². The highest BCUT2D eigenvalue weighted by Gasteiger charge is 2.26. The van der Waals surface area contributed by atoms with Gasteiger partial charge in [-0.2, -0.15) is 0 Å². The van der Waals surface area contributed by atoms with Crippen molar-refractivity contribution in [2.45, 2.75) is 26.9 Å². The normalized spacial score (nSPS) is 12.4. The van der Waals surface area contributed by atoms with Gasteiger partial charge >= 0.3 is 5.97 Å². The average molecular weight is 272 g/mol. The summed E-state index contributed by atoms with van der Waals surface area (Å²) in [6, 6.07) is 13.8. The fourth-order valence-corrected chi connectivity index (χ4v) is 2.12. The Kier molecular flexibility index (Phi) is 4.61. The Balaban J connectivity index is 2.31. The average Bonchev–Trinajstić information content (AvgIpc) is 2.44. The first-order valence-corrected chi connectivity index (χ1v) is 6.94. The van der Waals surface area contributed by atoms with E-state index in [1.807, 2.05) is 56.3 Å². The summed E-state index contributed by atoms with van der Waals surface area (Å²) in [7, 11) is 0. The molecule has 0 saturated heterocycles. The van der Waals surface area contributed by atoms with Crippen molar-refractivity contribution in [3.8, 4) is 5.75 Å². The molecule has 0 spiro atoms. The zero-order valence-corrected chi connectivity index (χ0v) is 12.1. The summed E-state index contributed by atoms with van der Waals surface area (Å²) in [6.07, 6.45) is -0.583. The molecule has 106 valence electrons. The fraction of sp³-hybridized carbons (Fsp3) is 0.353. The second-order valence-electron chi connectivity index (χ2n) is 5.01. The Morgan fingerprint density at radius 2 is 1.80 bits per heavy atom. The van der Waals surface area contributed by atoms with Crippen molar-refractivity contribution in [2.24, 2.45) is 5.92 Å². The van der Waals surface area contributed by atoms with Gasteiger partial charge in [-0.15, -0.1) is 0 Å². The van der Waals surface area contributed by atoms with Crippen LogP contribution in [0.1, 0.15) is 20.8 Å². The number of fused-ring (bicyclic) bond motifs is 1. The van der Waals surface area contributed by atoms with E-state index in [0.717, 1.165) is 16.5 Å². The number of hydrogen-bond donors (Lipinski definition) is 0. The Labute approximate surface area is 119 Å². The maximum Gasteiger partial charge on any atom is 0.347 e. The minimum Gasteiger partial charge on any atom is -0.478 e. The van der Waals surface area contributed by atoms with E-state index < -0.39 is 6.10 Å². The van der Waals surface area contributed by atoms with Crippen molar-refractivity contribution in [3.05, 3.63) is 42.5 Å². The van der Waals surface area contributed by atoms with Crippen LogP contribution in [-0.4, -0.2) is 18.7 Å². The van der Waals surface area contributed by atoms with Gasteiger partial charge in [-0.1, -0.05) is 50.2 Å². The van der Waals surface area contributed by atoms with Gasteiger partial charge in [-0.05, 0) is 18.4 Å². The lowest BCUT2D eigenvalue weighted by molar-refractivity contribution is -0.153. The molecule has 1 unspecified atom stereocenters. The molecule has 0 aliphatic heterocycles. The third-order valence-electron chi connectivity index (χ3n) is 3.13. The molecular weight excluding hydrogens is 252 g/mol. The number of esters is 1. The highest BCUT2D eigenvalue weighted by atomic mass is 16.6. The lowest BCUT2D eigenvalue weighted by Crippen LogP contribution is -2.34. The van der Waals surface area contributed by atoms with Crippen LogP contribution in [0.2, 0.25) is 0 Å². The van der Waals surface area contributed by atoms with E-state index in [9.17, 15) is 4.79 Å². The van der Waals surface area contributed by atoms with Gasteiger partial charge in [-0.3, -0.25) is 0 Å². The summed E-state index contributed by atoms with van der Waals surface area (Å²) in [4.78, 5) is 12.0. The second kappa shape index (κ2) is 6.42. The third-order valence-corrected chi connectivity index (χ3v) is 3.13.